The van der Waals surface area contributed by atoms with E-state index in [1.807, 2.05) is 6.92 Å². The monoisotopic (exact) mass is 317 g/mol. The molecule has 2 N–H and O–H groups in total. The van der Waals surface area contributed by atoms with E-state index in [0.717, 1.165) is 12.1 Å². The maximum atomic E-state index is 12.5. The normalized spacial score (nSPS) is 14.5. The molecule has 1 rings (SSSR count). The van der Waals surface area contributed by atoms with Crippen LogP contribution >= 0.6 is 0 Å². The van der Waals surface area contributed by atoms with Crippen LogP contribution in [0.2, 0.25) is 0 Å². The number of aliphatic hydroxyl groups excluding tert-OH is 1. The standard InChI is InChI=1S/C16H22F3NO2/c1-11(10-15(22)20-12(2)4-3-9-21)13-5-7-14(8-6-13)16(17,18)19/h5-8,11-12,21H,3-4,9-10H2,1-2H3,(H,20,22). The smallest absolute Gasteiger partial charge is 0.396 e. The molecule has 3 nitrogen and oxygen atoms in total. The van der Waals surface area contributed by atoms with Gasteiger partial charge in [-0.05, 0) is 43.4 Å². The fourth-order valence-corrected chi connectivity index (χ4v) is 2.20. The maximum absolute atomic E-state index is 12.5. The minimum Gasteiger partial charge on any atom is -0.396 e. The van der Waals surface area contributed by atoms with Crippen LogP contribution in [0.5, 0.6) is 0 Å². The Morgan fingerprint density at radius 2 is 1.82 bits per heavy atom. The number of carbonyl (C=O) groups excluding carboxylic acids is 1. The van der Waals surface area contributed by atoms with Crippen molar-refractivity contribution in [3.63, 3.8) is 0 Å². The minimum absolute atomic E-state index is 0.0283. The van der Waals surface area contributed by atoms with Crippen molar-refractivity contribution < 1.29 is 23.1 Å². The Labute approximate surface area is 128 Å². The Kier molecular flexibility index (Phi) is 6.87. The molecule has 0 fully saturated rings. The Balaban J connectivity index is 2.54. The van der Waals surface area contributed by atoms with Crippen molar-refractivity contribution in [3.8, 4) is 0 Å². The molecule has 0 aliphatic rings. The van der Waals surface area contributed by atoms with Crippen LogP contribution in [-0.2, 0) is 11.0 Å². The molecule has 2 atom stereocenters. The molecule has 2 unspecified atom stereocenters. The van der Waals surface area contributed by atoms with Gasteiger partial charge in [-0.2, -0.15) is 13.2 Å². The quantitative estimate of drug-likeness (QED) is 0.809. The third-order valence-electron chi connectivity index (χ3n) is 3.50. The molecule has 0 aliphatic carbocycles. The average molecular weight is 317 g/mol. The van der Waals surface area contributed by atoms with E-state index in [0.29, 0.717) is 18.4 Å². The first kappa shape index (κ1) is 18.5. The summed E-state index contributed by atoms with van der Waals surface area (Å²) in [6, 6.07) is 4.87. The Morgan fingerprint density at radius 3 is 2.32 bits per heavy atom. The van der Waals surface area contributed by atoms with E-state index in [2.05, 4.69) is 5.32 Å². The summed E-state index contributed by atoms with van der Waals surface area (Å²) < 4.78 is 37.5. The number of rotatable bonds is 7. The number of amides is 1. The summed E-state index contributed by atoms with van der Waals surface area (Å²) in [5.41, 5.74) is 0.0108. The summed E-state index contributed by atoms with van der Waals surface area (Å²) in [5.74, 6) is -0.301. The van der Waals surface area contributed by atoms with Crippen molar-refractivity contribution in [1.82, 2.24) is 5.32 Å². The molecule has 0 aliphatic heterocycles. The number of carbonyl (C=O) groups is 1. The molecule has 1 aromatic carbocycles. The van der Waals surface area contributed by atoms with Crippen LogP contribution in [0.3, 0.4) is 0 Å². The zero-order valence-corrected chi connectivity index (χ0v) is 12.8. The van der Waals surface area contributed by atoms with Gasteiger partial charge >= 0.3 is 6.18 Å². The van der Waals surface area contributed by atoms with E-state index >= 15 is 0 Å². The van der Waals surface area contributed by atoms with Crippen molar-refractivity contribution in [1.29, 1.82) is 0 Å². The fraction of sp³-hybridized carbons (Fsp3) is 0.562. The van der Waals surface area contributed by atoms with Crippen molar-refractivity contribution >= 4 is 5.91 Å². The van der Waals surface area contributed by atoms with Crippen molar-refractivity contribution in [3.05, 3.63) is 35.4 Å². The zero-order valence-electron chi connectivity index (χ0n) is 12.8. The molecule has 1 aromatic rings. The number of benzene rings is 1. The van der Waals surface area contributed by atoms with Crippen LogP contribution in [0.4, 0.5) is 13.2 Å². The Hall–Kier alpha value is -1.56. The molecule has 0 radical (unpaired) electrons. The highest BCUT2D eigenvalue weighted by atomic mass is 19.4. The molecule has 0 saturated carbocycles. The van der Waals surface area contributed by atoms with Gasteiger partial charge in [0.1, 0.15) is 0 Å². The molecular weight excluding hydrogens is 295 g/mol. The van der Waals surface area contributed by atoms with E-state index in [1.54, 1.807) is 6.92 Å². The van der Waals surface area contributed by atoms with Crippen molar-refractivity contribution in [2.75, 3.05) is 6.61 Å². The molecule has 0 saturated heterocycles. The predicted octanol–water partition coefficient (Wildman–Crippen LogP) is 3.48. The van der Waals surface area contributed by atoms with Crippen LogP contribution in [0.15, 0.2) is 24.3 Å². The number of halogens is 3. The number of nitrogens with one attached hydrogen (secondary N) is 1. The Bertz CT molecular complexity index is 471. The van der Waals surface area contributed by atoms with Crippen LogP contribution in [0.25, 0.3) is 0 Å². The number of alkyl halides is 3. The van der Waals surface area contributed by atoms with E-state index in [4.69, 9.17) is 5.11 Å². The highest BCUT2D eigenvalue weighted by Gasteiger charge is 2.30. The van der Waals surface area contributed by atoms with E-state index in [-0.39, 0.29) is 30.9 Å². The predicted molar refractivity (Wildman–Crippen MR) is 78.4 cm³/mol. The van der Waals surface area contributed by atoms with Crippen LogP contribution in [0, 0.1) is 0 Å². The van der Waals surface area contributed by atoms with E-state index in [9.17, 15) is 18.0 Å². The van der Waals surface area contributed by atoms with Gasteiger partial charge in [0.2, 0.25) is 5.91 Å². The van der Waals surface area contributed by atoms with Gasteiger partial charge in [-0.25, -0.2) is 0 Å². The second-order valence-electron chi connectivity index (χ2n) is 5.56. The lowest BCUT2D eigenvalue weighted by atomic mass is 9.96. The van der Waals surface area contributed by atoms with Gasteiger partial charge < -0.3 is 10.4 Å². The lowest BCUT2D eigenvalue weighted by molar-refractivity contribution is -0.137. The summed E-state index contributed by atoms with van der Waals surface area (Å²) >= 11 is 0. The van der Waals surface area contributed by atoms with Gasteiger partial charge in [0.25, 0.3) is 0 Å². The Morgan fingerprint density at radius 1 is 1.23 bits per heavy atom. The van der Waals surface area contributed by atoms with Crippen LogP contribution in [0.1, 0.15) is 50.2 Å². The van der Waals surface area contributed by atoms with Gasteiger partial charge in [-0.3, -0.25) is 4.79 Å². The number of aliphatic hydroxyl groups is 1. The minimum atomic E-state index is -4.35. The van der Waals surface area contributed by atoms with Gasteiger partial charge in [-0.15, -0.1) is 0 Å². The first-order chi connectivity index (χ1) is 10.2. The third kappa shape index (κ3) is 6.05. The van der Waals surface area contributed by atoms with Gasteiger partial charge in [-0.1, -0.05) is 19.1 Å². The fourth-order valence-electron chi connectivity index (χ4n) is 2.20. The van der Waals surface area contributed by atoms with Crippen molar-refractivity contribution in [2.45, 2.75) is 51.2 Å². The maximum Gasteiger partial charge on any atom is 0.416 e. The topological polar surface area (TPSA) is 49.3 Å². The van der Waals surface area contributed by atoms with Gasteiger partial charge in [0.05, 0.1) is 5.56 Å². The zero-order chi connectivity index (χ0) is 16.8. The molecular formula is C16H22F3NO2. The number of hydrogen-bond acceptors (Lipinski definition) is 2. The van der Waals surface area contributed by atoms with Gasteiger partial charge in [0, 0.05) is 19.1 Å². The largest absolute Gasteiger partial charge is 0.416 e. The summed E-state index contributed by atoms with van der Waals surface area (Å²) in [7, 11) is 0. The highest BCUT2D eigenvalue weighted by Crippen LogP contribution is 2.30. The lowest BCUT2D eigenvalue weighted by Gasteiger charge is -2.16. The molecule has 22 heavy (non-hydrogen) atoms. The molecule has 0 aromatic heterocycles. The molecule has 124 valence electrons. The SMILES string of the molecule is CC(CCCO)NC(=O)CC(C)c1ccc(C(F)(F)F)cc1. The molecule has 0 bridgehead atoms. The highest BCUT2D eigenvalue weighted by molar-refractivity contribution is 5.77. The summed E-state index contributed by atoms with van der Waals surface area (Å²) in [6.45, 7) is 3.75. The summed E-state index contributed by atoms with van der Waals surface area (Å²) in [6.07, 6.45) is -2.82. The van der Waals surface area contributed by atoms with Crippen LogP contribution in [-0.4, -0.2) is 23.7 Å². The van der Waals surface area contributed by atoms with E-state index in [1.165, 1.54) is 12.1 Å². The first-order valence-electron chi connectivity index (χ1n) is 7.31. The van der Waals surface area contributed by atoms with Gasteiger partial charge in [0.15, 0.2) is 0 Å². The summed E-state index contributed by atoms with van der Waals surface area (Å²) in [4.78, 5) is 11.9. The second-order valence-corrected chi connectivity index (χ2v) is 5.56. The average Bonchev–Trinajstić information content (AvgIpc) is 2.44. The first-order valence-corrected chi connectivity index (χ1v) is 7.31. The summed E-state index contributed by atoms with van der Waals surface area (Å²) in [5, 5.41) is 11.6. The lowest BCUT2D eigenvalue weighted by Crippen LogP contribution is -2.33. The number of hydrogen-bond donors (Lipinski definition) is 2. The van der Waals surface area contributed by atoms with E-state index < -0.39 is 11.7 Å². The third-order valence-corrected chi connectivity index (χ3v) is 3.50. The molecule has 0 heterocycles. The van der Waals surface area contributed by atoms with Crippen molar-refractivity contribution in [2.24, 2.45) is 0 Å². The van der Waals surface area contributed by atoms with Crippen LogP contribution < -0.4 is 5.32 Å². The molecule has 1 amide bonds. The second kappa shape index (κ2) is 8.17. The molecule has 0 spiro atoms. The molecule has 6 heteroatoms.